The highest BCUT2D eigenvalue weighted by atomic mass is 16.5. The first-order valence-electron chi connectivity index (χ1n) is 8.21. The van der Waals surface area contributed by atoms with Gasteiger partial charge < -0.3 is 9.64 Å². The second kappa shape index (κ2) is 7.25. The largest absolute Gasteiger partial charge is 0.449 e. The summed E-state index contributed by atoms with van der Waals surface area (Å²) in [6.07, 6.45) is 4.55. The van der Waals surface area contributed by atoms with Crippen LogP contribution >= 0.6 is 0 Å². The van der Waals surface area contributed by atoms with Gasteiger partial charge in [-0.1, -0.05) is 25.1 Å². The molecular formula is C19H20N2O3. The van der Waals surface area contributed by atoms with Crippen LogP contribution in [-0.4, -0.2) is 29.5 Å². The van der Waals surface area contributed by atoms with Crippen molar-refractivity contribution in [3.05, 3.63) is 59.9 Å². The third-order valence-corrected chi connectivity index (χ3v) is 4.17. The fourth-order valence-electron chi connectivity index (χ4n) is 2.93. The number of nitrogens with zero attached hydrogens (tertiary/aromatic N) is 2. The molecule has 2 heterocycles. The number of pyridine rings is 1. The number of anilines is 1. The molecule has 3 rings (SSSR count). The SMILES string of the molecule is CCC(OC(=O)c1cccnc1)C(=O)N1CCCc2ccccc21. The van der Waals surface area contributed by atoms with Crippen molar-refractivity contribution in [2.75, 3.05) is 11.4 Å². The number of hydrogen-bond donors (Lipinski definition) is 0. The lowest BCUT2D eigenvalue weighted by atomic mass is 10.0. The van der Waals surface area contributed by atoms with E-state index in [-0.39, 0.29) is 5.91 Å². The van der Waals surface area contributed by atoms with Gasteiger partial charge in [0.2, 0.25) is 0 Å². The number of aromatic nitrogens is 1. The van der Waals surface area contributed by atoms with Crippen molar-refractivity contribution in [2.24, 2.45) is 0 Å². The molecule has 0 fully saturated rings. The van der Waals surface area contributed by atoms with Gasteiger partial charge in [-0.3, -0.25) is 9.78 Å². The van der Waals surface area contributed by atoms with E-state index in [1.165, 1.54) is 6.20 Å². The van der Waals surface area contributed by atoms with E-state index in [0.29, 0.717) is 18.5 Å². The minimum Gasteiger partial charge on any atom is -0.449 e. The lowest BCUT2D eigenvalue weighted by Gasteiger charge is -2.31. The lowest BCUT2D eigenvalue weighted by Crippen LogP contribution is -2.43. The number of para-hydroxylation sites is 1. The van der Waals surface area contributed by atoms with Gasteiger partial charge in [0, 0.05) is 24.6 Å². The van der Waals surface area contributed by atoms with Crippen molar-refractivity contribution in [1.82, 2.24) is 4.98 Å². The van der Waals surface area contributed by atoms with Gasteiger partial charge >= 0.3 is 5.97 Å². The molecule has 0 aliphatic carbocycles. The summed E-state index contributed by atoms with van der Waals surface area (Å²) >= 11 is 0. The van der Waals surface area contributed by atoms with Gasteiger partial charge in [0.15, 0.2) is 6.10 Å². The van der Waals surface area contributed by atoms with Gasteiger partial charge in [-0.05, 0) is 43.0 Å². The molecule has 1 atom stereocenters. The molecule has 1 aliphatic rings. The molecule has 0 spiro atoms. The Labute approximate surface area is 141 Å². The predicted molar refractivity (Wildman–Crippen MR) is 90.8 cm³/mol. The Hall–Kier alpha value is -2.69. The highest BCUT2D eigenvalue weighted by Crippen LogP contribution is 2.28. The normalized spacial score (nSPS) is 14.6. The van der Waals surface area contributed by atoms with Crippen LogP contribution in [0.4, 0.5) is 5.69 Å². The van der Waals surface area contributed by atoms with Crippen molar-refractivity contribution >= 4 is 17.6 Å². The van der Waals surface area contributed by atoms with Crippen LogP contribution in [-0.2, 0) is 16.0 Å². The number of carbonyl (C=O) groups excluding carboxylic acids is 2. The molecule has 0 N–H and O–H groups in total. The fourth-order valence-corrected chi connectivity index (χ4v) is 2.93. The van der Waals surface area contributed by atoms with Crippen molar-refractivity contribution in [3.63, 3.8) is 0 Å². The Morgan fingerprint density at radius 2 is 2.08 bits per heavy atom. The topological polar surface area (TPSA) is 59.5 Å². The highest BCUT2D eigenvalue weighted by Gasteiger charge is 2.30. The zero-order valence-corrected chi connectivity index (χ0v) is 13.6. The molecule has 0 radical (unpaired) electrons. The molecule has 124 valence electrons. The summed E-state index contributed by atoms with van der Waals surface area (Å²) in [7, 11) is 0. The summed E-state index contributed by atoms with van der Waals surface area (Å²) in [6, 6.07) is 11.2. The average Bonchev–Trinajstić information content (AvgIpc) is 2.65. The third kappa shape index (κ3) is 3.30. The molecule has 1 amide bonds. The molecule has 0 saturated carbocycles. The molecule has 1 aliphatic heterocycles. The molecule has 0 saturated heterocycles. The van der Waals surface area contributed by atoms with Crippen LogP contribution in [0, 0.1) is 0 Å². The molecule has 1 aromatic carbocycles. The number of carbonyl (C=O) groups is 2. The highest BCUT2D eigenvalue weighted by molar-refractivity contribution is 5.99. The Morgan fingerprint density at radius 3 is 2.83 bits per heavy atom. The van der Waals surface area contributed by atoms with Gasteiger partial charge in [0.1, 0.15) is 0 Å². The first kappa shape index (κ1) is 16.2. The van der Waals surface area contributed by atoms with Crippen molar-refractivity contribution in [2.45, 2.75) is 32.3 Å². The Bertz CT molecular complexity index is 730. The number of benzene rings is 1. The first-order valence-corrected chi connectivity index (χ1v) is 8.21. The Kier molecular flexibility index (Phi) is 4.89. The smallest absolute Gasteiger partial charge is 0.340 e. The summed E-state index contributed by atoms with van der Waals surface area (Å²) in [5.41, 5.74) is 2.43. The van der Waals surface area contributed by atoms with Crippen molar-refractivity contribution < 1.29 is 14.3 Å². The van der Waals surface area contributed by atoms with Gasteiger partial charge in [0.25, 0.3) is 5.91 Å². The molecule has 1 aromatic heterocycles. The number of amides is 1. The number of ether oxygens (including phenoxy) is 1. The Morgan fingerprint density at radius 1 is 1.25 bits per heavy atom. The summed E-state index contributed by atoms with van der Waals surface area (Å²) in [5.74, 6) is -0.685. The molecule has 1 unspecified atom stereocenters. The maximum Gasteiger partial charge on any atom is 0.340 e. The number of esters is 1. The first-order chi connectivity index (χ1) is 11.7. The minimum atomic E-state index is -0.788. The average molecular weight is 324 g/mol. The zero-order valence-electron chi connectivity index (χ0n) is 13.6. The number of fused-ring (bicyclic) bond motifs is 1. The van der Waals surface area contributed by atoms with Crippen molar-refractivity contribution in [3.8, 4) is 0 Å². The maximum atomic E-state index is 12.9. The second-order valence-corrected chi connectivity index (χ2v) is 5.77. The van der Waals surface area contributed by atoms with E-state index in [0.717, 1.165) is 24.1 Å². The lowest BCUT2D eigenvalue weighted by molar-refractivity contribution is -0.127. The number of hydrogen-bond acceptors (Lipinski definition) is 4. The molecular weight excluding hydrogens is 304 g/mol. The summed E-state index contributed by atoms with van der Waals surface area (Å²) in [6.45, 7) is 2.49. The quantitative estimate of drug-likeness (QED) is 0.811. The monoisotopic (exact) mass is 324 g/mol. The summed E-state index contributed by atoms with van der Waals surface area (Å²) in [4.78, 5) is 30.8. The molecule has 0 bridgehead atoms. The molecule has 5 heteroatoms. The number of aryl methyl sites for hydroxylation is 1. The van der Waals surface area contributed by atoms with Crippen LogP contribution in [0.3, 0.4) is 0 Å². The minimum absolute atomic E-state index is 0.165. The van der Waals surface area contributed by atoms with E-state index in [1.807, 2.05) is 31.2 Å². The number of rotatable bonds is 4. The standard InChI is InChI=1S/C19H20N2O3/c1-2-17(24-19(23)15-8-5-11-20-13-15)18(22)21-12-6-9-14-7-3-4-10-16(14)21/h3-5,7-8,10-11,13,17H,2,6,9,12H2,1H3. The van der Waals surface area contributed by atoms with Crippen LogP contribution in [0.2, 0.25) is 0 Å². The van der Waals surface area contributed by atoms with E-state index >= 15 is 0 Å². The van der Waals surface area contributed by atoms with Crippen LogP contribution in [0.1, 0.15) is 35.7 Å². The van der Waals surface area contributed by atoms with Crippen LogP contribution in [0.5, 0.6) is 0 Å². The van der Waals surface area contributed by atoms with Gasteiger partial charge in [0.05, 0.1) is 5.56 Å². The summed E-state index contributed by atoms with van der Waals surface area (Å²) < 4.78 is 5.45. The maximum absolute atomic E-state index is 12.9. The van der Waals surface area contributed by atoms with Gasteiger partial charge in [-0.25, -0.2) is 4.79 Å². The van der Waals surface area contributed by atoms with Crippen LogP contribution < -0.4 is 4.90 Å². The van der Waals surface area contributed by atoms with Gasteiger partial charge in [-0.2, -0.15) is 0 Å². The van der Waals surface area contributed by atoms with Crippen LogP contribution in [0.25, 0.3) is 0 Å². The molecule has 2 aromatic rings. The van der Waals surface area contributed by atoms with E-state index in [2.05, 4.69) is 4.98 Å². The van der Waals surface area contributed by atoms with Gasteiger partial charge in [-0.15, -0.1) is 0 Å². The molecule has 24 heavy (non-hydrogen) atoms. The van der Waals surface area contributed by atoms with Crippen LogP contribution in [0.15, 0.2) is 48.8 Å². The van der Waals surface area contributed by atoms with E-state index in [1.54, 1.807) is 23.2 Å². The van der Waals surface area contributed by atoms with E-state index < -0.39 is 12.1 Å². The fraction of sp³-hybridized carbons (Fsp3) is 0.316. The second-order valence-electron chi connectivity index (χ2n) is 5.77. The summed E-state index contributed by atoms with van der Waals surface area (Å²) in [5, 5.41) is 0. The zero-order chi connectivity index (χ0) is 16.9. The van der Waals surface area contributed by atoms with E-state index in [9.17, 15) is 9.59 Å². The molecule has 5 nitrogen and oxygen atoms in total. The van der Waals surface area contributed by atoms with E-state index in [4.69, 9.17) is 4.74 Å². The van der Waals surface area contributed by atoms with Crippen molar-refractivity contribution in [1.29, 1.82) is 0 Å². The third-order valence-electron chi connectivity index (χ3n) is 4.17. The predicted octanol–water partition coefficient (Wildman–Crippen LogP) is 3.00. The Balaban J connectivity index is 1.77.